The van der Waals surface area contributed by atoms with Gasteiger partial charge in [0.25, 0.3) is 0 Å². The van der Waals surface area contributed by atoms with E-state index in [1.807, 2.05) is 0 Å². The standard InChI is InChI=1S/C22H19NO5S/c1-29(27,28)23-15-17(21-4-2-3-5-22(21)23)9-13-20(26)14-19(25)12-8-16-6-10-18(24)11-7-16/h2-13,15,24H,14H2,1H3. The smallest absolute Gasteiger partial charge is 0.236 e. The topological polar surface area (TPSA) is 93.4 Å². The first-order chi connectivity index (χ1) is 13.7. The summed E-state index contributed by atoms with van der Waals surface area (Å²) in [5.41, 5.74) is 1.83. The second kappa shape index (κ2) is 8.28. The van der Waals surface area contributed by atoms with Gasteiger partial charge in [0.05, 0.1) is 18.2 Å². The van der Waals surface area contributed by atoms with Gasteiger partial charge in [-0.2, -0.15) is 0 Å². The van der Waals surface area contributed by atoms with E-state index in [4.69, 9.17) is 0 Å². The molecule has 0 saturated heterocycles. The number of allylic oxidation sites excluding steroid dienone is 2. The van der Waals surface area contributed by atoms with Gasteiger partial charge in [0, 0.05) is 17.1 Å². The summed E-state index contributed by atoms with van der Waals surface area (Å²) in [6.45, 7) is 0. The van der Waals surface area contributed by atoms with Crippen molar-refractivity contribution in [1.29, 1.82) is 0 Å². The van der Waals surface area contributed by atoms with E-state index in [2.05, 4.69) is 0 Å². The second-order valence-electron chi connectivity index (χ2n) is 6.53. The fourth-order valence-electron chi connectivity index (χ4n) is 2.83. The zero-order chi connectivity index (χ0) is 21.0. The summed E-state index contributed by atoms with van der Waals surface area (Å²) in [6, 6.07) is 13.3. The lowest BCUT2D eigenvalue weighted by Gasteiger charge is -2.00. The van der Waals surface area contributed by atoms with Crippen LogP contribution in [0.3, 0.4) is 0 Å². The van der Waals surface area contributed by atoms with Crippen LogP contribution in [0.15, 0.2) is 66.9 Å². The molecule has 0 aliphatic carbocycles. The molecule has 3 aromatic rings. The molecule has 0 bridgehead atoms. The molecule has 1 N–H and O–H groups in total. The summed E-state index contributed by atoms with van der Waals surface area (Å²) >= 11 is 0. The predicted molar refractivity (Wildman–Crippen MR) is 113 cm³/mol. The molecule has 0 amide bonds. The van der Waals surface area contributed by atoms with E-state index < -0.39 is 10.0 Å². The van der Waals surface area contributed by atoms with Gasteiger partial charge in [0.2, 0.25) is 10.0 Å². The quantitative estimate of drug-likeness (QED) is 0.477. The number of aromatic hydroxyl groups is 1. The first kappa shape index (κ1) is 20.3. The van der Waals surface area contributed by atoms with E-state index in [0.29, 0.717) is 16.5 Å². The van der Waals surface area contributed by atoms with Gasteiger partial charge < -0.3 is 5.11 Å². The minimum atomic E-state index is -3.48. The molecule has 0 saturated carbocycles. The Balaban J connectivity index is 1.72. The third-order valence-corrected chi connectivity index (χ3v) is 5.23. The Kier molecular flexibility index (Phi) is 5.79. The van der Waals surface area contributed by atoms with Crippen LogP contribution < -0.4 is 0 Å². The highest BCUT2D eigenvalue weighted by molar-refractivity contribution is 7.89. The van der Waals surface area contributed by atoms with E-state index in [-0.39, 0.29) is 23.7 Å². The number of rotatable bonds is 7. The average Bonchev–Trinajstić information content (AvgIpc) is 3.05. The van der Waals surface area contributed by atoms with Crippen molar-refractivity contribution in [3.05, 3.63) is 78.0 Å². The Morgan fingerprint density at radius 2 is 1.59 bits per heavy atom. The maximum atomic E-state index is 12.1. The Hall–Kier alpha value is -3.45. The number of aromatic nitrogens is 1. The molecule has 0 spiro atoms. The van der Waals surface area contributed by atoms with Crippen LogP contribution >= 0.6 is 0 Å². The number of para-hydroxylation sites is 1. The van der Waals surface area contributed by atoms with Gasteiger partial charge in [-0.05, 0) is 42.0 Å². The maximum Gasteiger partial charge on any atom is 0.236 e. The van der Waals surface area contributed by atoms with Gasteiger partial charge in [-0.25, -0.2) is 12.4 Å². The van der Waals surface area contributed by atoms with E-state index in [1.165, 1.54) is 36.6 Å². The predicted octanol–water partition coefficient (Wildman–Crippen LogP) is 3.41. The maximum absolute atomic E-state index is 12.1. The van der Waals surface area contributed by atoms with Crippen molar-refractivity contribution in [2.45, 2.75) is 6.42 Å². The second-order valence-corrected chi connectivity index (χ2v) is 8.39. The van der Waals surface area contributed by atoms with Crippen molar-refractivity contribution < 1.29 is 23.1 Å². The number of hydrogen-bond donors (Lipinski definition) is 1. The zero-order valence-corrected chi connectivity index (χ0v) is 16.5. The normalized spacial score (nSPS) is 12.2. The van der Waals surface area contributed by atoms with Crippen molar-refractivity contribution in [1.82, 2.24) is 3.97 Å². The molecule has 7 heteroatoms. The van der Waals surface area contributed by atoms with Crippen molar-refractivity contribution in [3.63, 3.8) is 0 Å². The van der Waals surface area contributed by atoms with Crippen LogP contribution in [0.5, 0.6) is 5.75 Å². The van der Waals surface area contributed by atoms with Crippen molar-refractivity contribution in [2.75, 3.05) is 6.26 Å². The fraction of sp³-hybridized carbons (Fsp3) is 0.0909. The first-order valence-corrected chi connectivity index (χ1v) is 10.6. The molecule has 29 heavy (non-hydrogen) atoms. The number of benzene rings is 2. The van der Waals surface area contributed by atoms with Gasteiger partial charge in [-0.1, -0.05) is 36.4 Å². The number of phenols is 1. The Morgan fingerprint density at radius 3 is 2.24 bits per heavy atom. The van der Waals surface area contributed by atoms with Crippen LogP contribution in [-0.4, -0.2) is 35.3 Å². The summed E-state index contributed by atoms with van der Waals surface area (Å²) in [7, 11) is -3.48. The summed E-state index contributed by atoms with van der Waals surface area (Å²) in [5.74, 6) is -0.612. The molecule has 0 radical (unpaired) electrons. The molecule has 0 atom stereocenters. The third-order valence-electron chi connectivity index (χ3n) is 4.22. The number of hydrogen-bond acceptors (Lipinski definition) is 5. The molecule has 0 aliphatic heterocycles. The van der Waals surface area contributed by atoms with Gasteiger partial charge >= 0.3 is 0 Å². The van der Waals surface area contributed by atoms with Crippen molar-refractivity contribution >= 4 is 44.6 Å². The van der Waals surface area contributed by atoms with Gasteiger partial charge in [0.1, 0.15) is 5.75 Å². The largest absolute Gasteiger partial charge is 0.508 e. The molecule has 2 aromatic carbocycles. The van der Waals surface area contributed by atoms with E-state index in [9.17, 15) is 23.1 Å². The highest BCUT2D eigenvalue weighted by Gasteiger charge is 2.13. The number of ketones is 2. The minimum absolute atomic E-state index is 0.131. The molecular formula is C22H19NO5S. The molecule has 3 rings (SSSR count). The van der Waals surface area contributed by atoms with E-state index in [0.717, 1.165) is 15.8 Å². The third kappa shape index (κ3) is 5.08. The number of fused-ring (bicyclic) bond motifs is 1. The summed E-state index contributed by atoms with van der Waals surface area (Å²) in [6.07, 6.45) is 7.94. The van der Waals surface area contributed by atoms with Crippen LogP contribution in [0.25, 0.3) is 23.1 Å². The lowest BCUT2D eigenvalue weighted by atomic mass is 10.1. The summed E-state index contributed by atoms with van der Waals surface area (Å²) < 4.78 is 25.1. The van der Waals surface area contributed by atoms with Gasteiger partial charge in [-0.3, -0.25) is 9.59 Å². The monoisotopic (exact) mass is 409 g/mol. The molecule has 6 nitrogen and oxygen atoms in total. The van der Waals surface area contributed by atoms with Crippen LogP contribution in [0.2, 0.25) is 0 Å². The van der Waals surface area contributed by atoms with Gasteiger partial charge in [-0.15, -0.1) is 0 Å². The molecule has 0 unspecified atom stereocenters. The highest BCUT2D eigenvalue weighted by Crippen LogP contribution is 2.23. The SMILES string of the molecule is CS(=O)(=O)n1cc(C=CC(=O)CC(=O)C=Cc2ccc(O)cc2)c2ccccc21. The minimum Gasteiger partial charge on any atom is -0.508 e. The Bertz CT molecular complexity index is 1230. The average molecular weight is 409 g/mol. The number of nitrogens with zero attached hydrogens (tertiary/aromatic N) is 1. The van der Waals surface area contributed by atoms with E-state index in [1.54, 1.807) is 42.5 Å². The van der Waals surface area contributed by atoms with Crippen molar-refractivity contribution in [3.8, 4) is 5.75 Å². The van der Waals surface area contributed by atoms with Gasteiger partial charge in [0.15, 0.2) is 11.6 Å². The number of phenolic OH excluding ortho intramolecular Hbond substituents is 1. The summed E-state index contributed by atoms with van der Waals surface area (Å²) in [4.78, 5) is 24.1. The molecular weight excluding hydrogens is 390 g/mol. The molecule has 1 heterocycles. The Morgan fingerprint density at radius 1 is 0.966 bits per heavy atom. The lowest BCUT2D eigenvalue weighted by molar-refractivity contribution is -0.121. The molecule has 148 valence electrons. The number of carbonyl (C=O) groups excluding carboxylic acids is 2. The highest BCUT2D eigenvalue weighted by atomic mass is 32.2. The van der Waals surface area contributed by atoms with Crippen LogP contribution in [0.4, 0.5) is 0 Å². The first-order valence-electron chi connectivity index (χ1n) is 8.75. The van der Waals surface area contributed by atoms with Crippen LogP contribution in [-0.2, 0) is 19.6 Å². The Labute approximate surface area is 168 Å². The van der Waals surface area contributed by atoms with E-state index >= 15 is 0 Å². The fourth-order valence-corrected chi connectivity index (χ4v) is 3.65. The summed E-state index contributed by atoms with van der Waals surface area (Å²) in [5, 5.41) is 9.93. The lowest BCUT2D eigenvalue weighted by Crippen LogP contribution is -2.07. The zero-order valence-electron chi connectivity index (χ0n) is 15.6. The van der Waals surface area contributed by atoms with Crippen LogP contribution in [0, 0.1) is 0 Å². The molecule has 0 fully saturated rings. The number of carbonyl (C=O) groups is 2. The van der Waals surface area contributed by atoms with Crippen LogP contribution in [0.1, 0.15) is 17.5 Å². The van der Waals surface area contributed by atoms with Crippen molar-refractivity contribution in [2.24, 2.45) is 0 Å². The molecule has 1 aromatic heterocycles. The molecule has 0 aliphatic rings.